The molecule has 96 valence electrons. The normalized spacial score (nSPS) is 12.1. The Morgan fingerprint density at radius 1 is 1.22 bits per heavy atom. The number of alkyl halides is 3. The van der Waals surface area contributed by atoms with Crippen molar-refractivity contribution in [3.05, 3.63) is 44.2 Å². The molecular formula is C12H9ClF3NO. The summed E-state index contributed by atoms with van der Waals surface area (Å²) < 4.78 is 38.4. The largest absolute Gasteiger partial charge is 0.431 e. The Kier molecular flexibility index (Phi) is 2.89. The molecule has 2 aromatic rings. The van der Waals surface area contributed by atoms with Gasteiger partial charge in [-0.3, -0.25) is 4.79 Å². The first-order valence-electron chi connectivity index (χ1n) is 5.12. The van der Waals surface area contributed by atoms with Crippen LogP contribution in [0.25, 0.3) is 10.9 Å². The molecule has 18 heavy (non-hydrogen) atoms. The fourth-order valence-corrected chi connectivity index (χ4v) is 2.11. The van der Waals surface area contributed by atoms with Crippen molar-refractivity contribution in [1.82, 2.24) is 4.98 Å². The van der Waals surface area contributed by atoms with Crippen LogP contribution in [0.15, 0.2) is 16.9 Å². The molecule has 0 radical (unpaired) electrons. The Labute approximate surface area is 105 Å². The van der Waals surface area contributed by atoms with Crippen molar-refractivity contribution in [2.45, 2.75) is 20.0 Å². The van der Waals surface area contributed by atoms with Crippen molar-refractivity contribution in [2.75, 3.05) is 0 Å². The second-order valence-corrected chi connectivity index (χ2v) is 4.47. The molecule has 0 unspecified atom stereocenters. The lowest BCUT2D eigenvalue weighted by molar-refractivity contribution is -0.141. The van der Waals surface area contributed by atoms with Crippen LogP contribution >= 0.6 is 11.6 Å². The Balaban J connectivity index is 3.02. The van der Waals surface area contributed by atoms with E-state index in [0.717, 1.165) is 6.92 Å². The molecule has 0 bridgehead atoms. The molecule has 2 rings (SSSR count). The molecular weight excluding hydrogens is 267 g/mol. The summed E-state index contributed by atoms with van der Waals surface area (Å²) in [5, 5.41) is 0.246. The highest BCUT2D eigenvalue weighted by molar-refractivity contribution is 6.35. The molecule has 0 aliphatic heterocycles. The number of pyridine rings is 1. The second kappa shape index (κ2) is 4.02. The summed E-state index contributed by atoms with van der Waals surface area (Å²) in [5.41, 5.74) is -1.42. The number of fused-ring (bicyclic) bond motifs is 1. The molecule has 0 aliphatic rings. The fourth-order valence-electron chi connectivity index (χ4n) is 1.87. The number of hydrogen-bond donors (Lipinski definition) is 1. The van der Waals surface area contributed by atoms with E-state index < -0.39 is 17.3 Å². The molecule has 6 heteroatoms. The average Bonchev–Trinajstić information content (AvgIpc) is 2.26. The molecule has 2 nitrogen and oxygen atoms in total. The summed E-state index contributed by atoms with van der Waals surface area (Å²) in [6.45, 7) is 2.75. The zero-order valence-corrected chi connectivity index (χ0v) is 10.3. The number of rotatable bonds is 0. The SMILES string of the molecule is Cc1c(C(F)(F)F)[nH]c2c(C)ccc(Cl)c2c1=O. The molecule has 1 heterocycles. The molecule has 0 aliphatic carbocycles. The van der Waals surface area contributed by atoms with Crippen LogP contribution in [0.4, 0.5) is 13.2 Å². The summed E-state index contributed by atoms with van der Waals surface area (Å²) in [6, 6.07) is 3.07. The minimum atomic E-state index is -4.59. The molecule has 0 amide bonds. The minimum absolute atomic E-state index is 0.0992. The van der Waals surface area contributed by atoms with Gasteiger partial charge in [0.15, 0.2) is 5.43 Å². The van der Waals surface area contributed by atoms with E-state index in [0.29, 0.717) is 5.56 Å². The van der Waals surface area contributed by atoms with Gasteiger partial charge in [-0.05, 0) is 25.5 Å². The summed E-state index contributed by atoms with van der Waals surface area (Å²) >= 11 is 5.87. The third-order valence-corrected chi connectivity index (χ3v) is 3.15. The van der Waals surface area contributed by atoms with Gasteiger partial charge in [-0.25, -0.2) is 0 Å². The molecule has 0 fully saturated rings. The molecule has 0 saturated heterocycles. The number of benzene rings is 1. The highest BCUT2D eigenvalue weighted by Gasteiger charge is 2.35. The first kappa shape index (κ1) is 13.0. The van der Waals surface area contributed by atoms with E-state index in [4.69, 9.17) is 11.6 Å². The van der Waals surface area contributed by atoms with E-state index in [1.54, 1.807) is 13.0 Å². The third kappa shape index (κ3) is 1.88. The number of hydrogen-bond acceptors (Lipinski definition) is 1. The van der Waals surface area contributed by atoms with Crippen LogP contribution in [0, 0.1) is 13.8 Å². The van der Waals surface area contributed by atoms with Crippen LogP contribution in [0.2, 0.25) is 5.02 Å². The van der Waals surface area contributed by atoms with E-state index in [9.17, 15) is 18.0 Å². The predicted octanol–water partition coefficient (Wildman–Crippen LogP) is 3.82. The van der Waals surface area contributed by atoms with Gasteiger partial charge in [0, 0.05) is 5.56 Å². The molecule has 0 atom stereocenters. The zero-order valence-electron chi connectivity index (χ0n) is 9.57. The average molecular weight is 276 g/mol. The summed E-state index contributed by atoms with van der Waals surface area (Å²) in [7, 11) is 0. The van der Waals surface area contributed by atoms with Crippen LogP contribution in [-0.4, -0.2) is 4.98 Å². The lowest BCUT2D eigenvalue weighted by Gasteiger charge is -2.13. The van der Waals surface area contributed by atoms with Crippen molar-refractivity contribution >= 4 is 22.5 Å². The topological polar surface area (TPSA) is 32.9 Å². The van der Waals surface area contributed by atoms with Crippen LogP contribution in [0.5, 0.6) is 0 Å². The van der Waals surface area contributed by atoms with Crippen LogP contribution in [0.3, 0.4) is 0 Å². The summed E-state index contributed by atoms with van der Waals surface area (Å²) in [4.78, 5) is 14.2. The Morgan fingerprint density at radius 3 is 2.39 bits per heavy atom. The van der Waals surface area contributed by atoms with E-state index >= 15 is 0 Å². The number of nitrogens with one attached hydrogen (secondary N) is 1. The van der Waals surface area contributed by atoms with Crippen molar-refractivity contribution in [3.8, 4) is 0 Å². The second-order valence-electron chi connectivity index (χ2n) is 4.07. The number of H-pyrrole nitrogens is 1. The number of aromatic amines is 1. The maximum absolute atomic E-state index is 12.8. The monoisotopic (exact) mass is 275 g/mol. The van der Waals surface area contributed by atoms with Gasteiger partial charge in [0.1, 0.15) is 5.69 Å². The van der Waals surface area contributed by atoms with Gasteiger partial charge in [-0.2, -0.15) is 13.2 Å². The van der Waals surface area contributed by atoms with Crippen molar-refractivity contribution in [2.24, 2.45) is 0 Å². The fraction of sp³-hybridized carbons (Fsp3) is 0.250. The Morgan fingerprint density at radius 2 is 1.83 bits per heavy atom. The summed E-state index contributed by atoms with van der Waals surface area (Å²) in [5.74, 6) is 0. The van der Waals surface area contributed by atoms with Crippen LogP contribution in [0.1, 0.15) is 16.8 Å². The zero-order chi connectivity index (χ0) is 13.7. The smallest absolute Gasteiger partial charge is 0.350 e. The van der Waals surface area contributed by atoms with Crippen molar-refractivity contribution in [3.63, 3.8) is 0 Å². The molecule has 1 aromatic carbocycles. The third-order valence-electron chi connectivity index (χ3n) is 2.84. The van der Waals surface area contributed by atoms with Gasteiger partial charge in [0.2, 0.25) is 0 Å². The predicted molar refractivity (Wildman–Crippen MR) is 64.1 cm³/mol. The molecule has 0 spiro atoms. The van der Waals surface area contributed by atoms with E-state index in [-0.39, 0.29) is 21.5 Å². The van der Waals surface area contributed by atoms with Gasteiger partial charge in [-0.15, -0.1) is 0 Å². The molecule has 1 N–H and O–H groups in total. The van der Waals surface area contributed by atoms with Crippen molar-refractivity contribution < 1.29 is 13.2 Å². The maximum atomic E-state index is 12.8. The Bertz CT molecular complexity index is 688. The van der Waals surface area contributed by atoms with Gasteiger partial charge in [0.05, 0.1) is 15.9 Å². The van der Waals surface area contributed by atoms with Crippen LogP contribution in [-0.2, 0) is 6.18 Å². The number of aryl methyl sites for hydroxylation is 1. The van der Waals surface area contributed by atoms with E-state index in [1.165, 1.54) is 6.07 Å². The molecule has 0 saturated carbocycles. The van der Waals surface area contributed by atoms with E-state index in [2.05, 4.69) is 4.98 Å². The highest BCUT2D eigenvalue weighted by atomic mass is 35.5. The number of halogens is 4. The number of aromatic nitrogens is 1. The van der Waals surface area contributed by atoms with Crippen molar-refractivity contribution in [1.29, 1.82) is 0 Å². The van der Waals surface area contributed by atoms with Gasteiger partial charge in [0.25, 0.3) is 0 Å². The maximum Gasteiger partial charge on any atom is 0.431 e. The minimum Gasteiger partial charge on any atom is -0.350 e. The summed E-state index contributed by atoms with van der Waals surface area (Å²) in [6.07, 6.45) is -4.59. The van der Waals surface area contributed by atoms with Gasteiger partial charge >= 0.3 is 6.18 Å². The lowest BCUT2D eigenvalue weighted by Crippen LogP contribution is -2.19. The quantitative estimate of drug-likeness (QED) is 0.779. The van der Waals surface area contributed by atoms with E-state index in [1.807, 2.05) is 0 Å². The van der Waals surface area contributed by atoms with Gasteiger partial charge in [-0.1, -0.05) is 17.7 Å². The first-order chi connectivity index (χ1) is 8.23. The Hall–Kier alpha value is -1.49. The van der Waals surface area contributed by atoms with Crippen LogP contribution < -0.4 is 5.43 Å². The van der Waals surface area contributed by atoms with Gasteiger partial charge < -0.3 is 4.98 Å². The first-order valence-corrected chi connectivity index (χ1v) is 5.50. The molecule has 1 aromatic heterocycles. The lowest BCUT2D eigenvalue weighted by atomic mass is 10.1. The standard InChI is InChI=1S/C12H9ClF3NO/c1-5-3-4-7(13)8-9(5)17-11(12(14,15)16)6(2)10(8)18/h3-4H,1-2H3,(H,17,18). The highest BCUT2D eigenvalue weighted by Crippen LogP contribution is 2.32.